The molecule has 1 aromatic heterocycles. The number of anilines is 1. The lowest BCUT2D eigenvalue weighted by molar-refractivity contribution is -0.0818. The van der Waals surface area contributed by atoms with Gasteiger partial charge in [-0.15, -0.1) is 6.58 Å². The number of allylic oxidation sites excluding steroid dienone is 1. The minimum Gasteiger partial charge on any atom is -0.380 e. The van der Waals surface area contributed by atoms with Gasteiger partial charge in [-0.25, -0.2) is 4.68 Å². The number of hydrogen-bond acceptors (Lipinski definition) is 5. The summed E-state index contributed by atoms with van der Waals surface area (Å²) in [6, 6.07) is 0. The summed E-state index contributed by atoms with van der Waals surface area (Å²) in [5.41, 5.74) is 0.463. The molecule has 1 unspecified atom stereocenters. The second kappa shape index (κ2) is 6.83. The van der Waals surface area contributed by atoms with Crippen LogP contribution in [0, 0.1) is 0 Å². The standard InChI is InChI=1S/C12H16BrN3O3/c1-2-3-16-12(17)11(13)10(7-15-16)14-6-9-8-18-4-5-19-9/h2,7,9,14H,1,3-6,8H2. The maximum atomic E-state index is 11.9. The summed E-state index contributed by atoms with van der Waals surface area (Å²) in [6.07, 6.45) is 3.23. The smallest absolute Gasteiger partial charge is 0.283 e. The molecule has 19 heavy (non-hydrogen) atoms. The molecule has 1 N–H and O–H groups in total. The molecule has 0 saturated carbocycles. The van der Waals surface area contributed by atoms with Crippen molar-refractivity contribution in [3.63, 3.8) is 0 Å². The average Bonchev–Trinajstić information content (AvgIpc) is 2.44. The van der Waals surface area contributed by atoms with Crippen LogP contribution in [-0.4, -0.2) is 42.2 Å². The molecule has 7 heteroatoms. The Morgan fingerprint density at radius 2 is 2.47 bits per heavy atom. The van der Waals surface area contributed by atoms with Crippen molar-refractivity contribution in [3.05, 3.63) is 33.7 Å². The fourth-order valence-electron chi connectivity index (χ4n) is 1.72. The fourth-order valence-corrected chi connectivity index (χ4v) is 2.17. The van der Waals surface area contributed by atoms with E-state index in [2.05, 4.69) is 32.9 Å². The highest BCUT2D eigenvalue weighted by atomic mass is 79.9. The summed E-state index contributed by atoms with van der Waals surface area (Å²) in [4.78, 5) is 11.9. The van der Waals surface area contributed by atoms with Crippen molar-refractivity contribution in [2.45, 2.75) is 12.6 Å². The zero-order valence-corrected chi connectivity index (χ0v) is 12.1. The van der Waals surface area contributed by atoms with Gasteiger partial charge in [0.25, 0.3) is 5.56 Å². The van der Waals surface area contributed by atoms with Gasteiger partial charge in [0, 0.05) is 6.54 Å². The van der Waals surface area contributed by atoms with E-state index in [0.717, 1.165) is 0 Å². The van der Waals surface area contributed by atoms with Crippen LogP contribution in [0.3, 0.4) is 0 Å². The largest absolute Gasteiger partial charge is 0.380 e. The monoisotopic (exact) mass is 329 g/mol. The van der Waals surface area contributed by atoms with E-state index in [1.807, 2.05) is 0 Å². The van der Waals surface area contributed by atoms with Gasteiger partial charge in [-0.05, 0) is 15.9 Å². The van der Waals surface area contributed by atoms with E-state index in [-0.39, 0.29) is 11.7 Å². The Kier molecular flexibility index (Phi) is 5.12. The third-order valence-corrected chi connectivity index (χ3v) is 3.46. The number of ether oxygens (including phenoxy) is 2. The van der Waals surface area contributed by atoms with Gasteiger partial charge in [0.05, 0.1) is 44.4 Å². The molecule has 0 aromatic carbocycles. The van der Waals surface area contributed by atoms with Crippen LogP contribution in [0.4, 0.5) is 5.69 Å². The molecule has 0 aliphatic carbocycles. The van der Waals surface area contributed by atoms with Gasteiger partial charge in [0.2, 0.25) is 0 Å². The van der Waals surface area contributed by atoms with E-state index >= 15 is 0 Å². The second-order valence-electron chi connectivity index (χ2n) is 4.10. The van der Waals surface area contributed by atoms with E-state index in [4.69, 9.17) is 9.47 Å². The third kappa shape index (κ3) is 3.65. The van der Waals surface area contributed by atoms with Crippen LogP contribution >= 0.6 is 15.9 Å². The molecule has 6 nitrogen and oxygen atoms in total. The van der Waals surface area contributed by atoms with E-state index in [1.54, 1.807) is 12.3 Å². The number of hydrogen-bond donors (Lipinski definition) is 1. The van der Waals surface area contributed by atoms with E-state index in [1.165, 1.54) is 4.68 Å². The zero-order chi connectivity index (χ0) is 13.7. The maximum absolute atomic E-state index is 11.9. The SMILES string of the molecule is C=CCn1ncc(NCC2COCCO2)c(Br)c1=O. The average molecular weight is 330 g/mol. The molecule has 1 saturated heterocycles. The molecular formula is C12H16BrN3O3. The minimum atomic E-state index is -0.189. The molecule has 2 heterocycles. The van der Waals surface area contributed by atoms with Crippen molar-refractivity contribution >= 4 is 21.6 Å². The number of aromatic nitrogens is 2. The van der Waals surface area contributed by atoms with Crippen LogP contribution < -0.4 is 10.9 Å². The Hall–Kier alpha value is -1.18. The molecular weight excluding hydrogens is 314 g/mol. The Bertz CT molecular complexity index is 497. The van der Waals surface area contributed by atoms with Gasteiger partial charge < -0.3 is 14.8 Å². The first-order chi connectivity index (χ1) is 9.22. The topological polar surface area (TPSA) is 65.4 Å². The van der Waals surface area contributed by atoms with Crippen molar-refractivity contribution in [1.82, 2.24) is 9.78 Å². The van der Waals surface area contributed by atoms with Gasteiger partial charge in [-0.3, -0.25) is 4.79 Å². The predicted molar refractivity (Wildman–Crippen MR) is 75.4 cm³/mol. The molecule has 1 aromatic rings. The Labute approximate surface area is 119 Å². The molecule has 0 bridgehead atoms. The quantitative estimate of drug-likeness (QED) is 0.817. The highest BCUT2D eigenvalue weighted by molar-refractivity contribution is 9.10. The van der Waals surface area contributed by atoms with Crippen LogP contribution in [0.5, 0.6) is 0 Å². The molecule has 0 spiro atoms. The summed E-state index contributed by atoms with van der Waals surface area (Å²) >= 11 is 3.28. The van der Waals surface area contributed by atoms with E-state index < -0.39 is 0 Å². The lowest BCUT2D eigenvalue weighted by Gasteiger charge is -2.23. The van der Waals surface area contributed by atoms with Crippen molar-refractivity contribution < 1.29 is 9.47 Å². The summed E-state index contributed by atoms with van der Waals surface area (Å²) in [7, 11) is 0. The molecule has 1 aliphatic rings. The summed E-state index contributed by atoms with van der Waals surface area (Å²) < 4.78 is 12.6. The minimum absolute atomic E-state index is 0.00347. The van der Waals surface area contributed by atoms with Crippen LogP contribution in [0.25, 0.3) is 0 Å². The molecule has 2 rings (SSSR count). The lowest BCUT2D eigenvalue weighted by atomic mass is 10.3. The Balaban J connectivity index is 2.02. The lowest BCUT2D eigenvalue weighted by Crippen LogP contribution is -2.34. The first-order valence-corrected chi connectivity index (χ1v) is 6.81. The first kappa shape index (κ1) is 14.2. The van der Waals surface area contributed by atoms with Crippen molar-refractivity contribution in [2.24, 2.45) is 0 Å². The predicted octanol–water partition coefficient (Wildman–Crippen LogP) is 1.02. The van der Waals surface area contributed by atoms with Crippen LogP contribution in [0.2, 0.25) is 0 Å². The van der Waals surface area contributed by atoms with Gasteiger partial charge in [0.15, 0.2) is 0 Å². The van der Waals surface area contributed by atoms with Crippen molar-refractivity contribution in [1.29, 1.82) is 0 Å². The van der Waals surface area contributed by atoms with Crippen LogP contribution in [-0.2, 0) is 16.0 Å². The van der Waals surface area contributed by atoms with Gasteiger partial charge in [0.1, 0.15) is 4.47 Å². The van der Waals surface area contributed by atoms with Crippen LogP contribution in [0.15, 0.2) is 28.1 Å². The van der Waals surface area contributed by atoms with Crippen molar-refractivity contribution in [2.75, 3.05) is 31.7 Å². The van der Waals surface area contributed by atoms with E-state index in [0.29, 0.717) is 43.1 Å². The number of rotatable bonds is 5. The third-order valence-electron chi connectivity index (χ3n) is 2.69. The molecule has 1 fully saturated rings. The Morgan fingerprint density at radius 1 is 1.63 bits per heavy atom. The summed E-state index contributed by atoms with van der Waals surface area (Å²) in [6.45, 7) is 6.35. The van der Waals surface area contributed by atoms with Crippen LogP contribution in [0.1, 0.15) is 0 Å². The Morgan fingerprint density at radius 3 is 3.16 bits per heavy atom. The van der Waals surface area contributed by atoms with Gasteiger partial charge in [-0.2, -0.15) is 5.10 Å². The normalized spacial score (nSPS) is 19.1. The first-order valence-electron chi connectivity index (χ1n) is 6.02. The fraction of sp³-hybridized carbons (Fsp3) is 0.500. The zero-order valence-electron chi connectivity index (χ0n) is 10.5. The number of nitrogens with zero attached hydrogens (tertiary/aromatic N) is 2. The molecule has 0 amide bonds. The highest BCUT2D eigenvalue weighted by Gasteiger charge is 2.15. The van der Waals surface area contributed by atoms with Gasteiger partial charge in [-0.1, -0.05) is 6.08 Å². The van der Waals surface area contributed by atoms with E-state index in [9.17, 15) is 4.79 Å². The summed E-state index contributed by atoms with van der Waals surface area (Å²) in [5.74, 6) is 0. The highest BCUT2D eigenvalue weighted by Crippen LogP contribution is 2.16. The van der Waals surface area contributed by atoms with Gasteiger partial charge >= 0.3 is 0 Å². The summed E-state index contributed by atoms with van der Waals surface area (Å²) in [5, 5.41) is 7.20. The second-order valence-corrected chi connectivity index (χ2v) is 4.89. The molecule has 1 aliphatic heterocycles. The number of halogens is 1. The molecule has 1 atom stereocenters. The van der Waals surface area contributed by atoms with Crippen molar-refractivity contribution in [3.8, 4) is 0 Å². The number of nitrogens with one attached hydrogen (secondary N) is 1. The molecule has 104 valence electrons. The molecule has 0 radical (unpaired) electrons. The maximum Gasteiger partial charge on any atom is 0.283 e.